The van der Waals surface area contributed by atoms with Crippen molar-refractivity contribution in [1.29, 1.82) is 0 Å². The number of carbonyl (C=O) groups is 1. The van der Waals surface area contributed by atoms with Crippen molar-refractivity contribution in [2.75, 3.05) is 0 Å². The molecule has 0 saturated carbocycles. The Kier molecular flexibility index (Phi) is 4.71. The Hall–Kier alpha value is -3.05. The Morgan fingerprint density at radius 3 is 2.31 bits per heavy atom. The van der Waals surface area contributed by atoms with Gasteiger partial charge in [-0.3, -0.25) is 0 Å². The fourth-order valence-electron chi connectivity index (χ4n) is 2.63. The molecular formula is C21H16N2O2S. The van der Waals surface area contributed by atoms with E-state index in [0.29, 0.717) is 10.9 Å². The molecule has 0 aliphatic carbocycles. The fraction of sp³-hybridized carbons (Fsp3) is 0.0476. The minimum Gasteiger partial charge on any atom is -0.410 e. The lowest BCUT2D eigenvalue weighted by Gasteiger charge is -2.08. The minimum absolute atomic E-state index is 0.458. The number of fused-ring (bicyclic) bond motifs is 1. The van der Waals surface area contributed by atoms with E-state index >= 15 is 0 Å². The van der Waals surface area contributed by atoms with Crippen LogP contribution in [0.1, 0.15) is 5.56 Å². The van der Waals surface area contributed by atoms with Gasteiger partial charge in [0.2, 0.25) is 0 Å². The van der Waals surface area contributed by atoms with Crippen LogP contribution in [0.25, 0.3) is 11.0 Å². The number of benzene rings is 3. The molecule has 3 aromatic carbocycles. The number of imidazole rings is 1. The lowest BCUT2D eigenvalue weighted by atomic mass is 10.2. The molecule has 4 rings (SSSR count). The minimum atomic E-state index is -0.458. The Labute approximate surface area is 155 Å². The number of nitrogens with zero attached hydrogens (tertiary/aromatic N) is 2. The summed E-state index contributed by atoms with van der Waals surface area (Å²) in [7, 11) is 0. The van der Waals surface area contributed by atoms with Crippen molar-refractivity contribution in [2.45, 2.75) is 10.9 Å². The molecule has 0 N–H and O–H groups in total. The molecule has 0 radical (unpaired) electrons. The number of aromatic nitrogens is 2. The summed E-state index contributed by atoms with van der Waals surface area (Å²) in [6.07, 6.45) is -0.458. The van der Waals surface area contributed by atoms with Crippen molar-refractivity contribution in [3.63, 3.8) is 0 Å². The van der Waals surface area contributed by atoms with Gasteiger partial charge in [-0.1, -0.05) is 72.4 Å². The van der Waals surface area contributed by atoms with E-state index in [4.69, 9.17) is 4.74 Å². The second kappa shape index (κ2) is 7.45. The summed E-state index contributed by atoms with van der Waals surface area (Å²) in [5.74, 6) is 1.23. The van der Waals surface area contributed by atoms with Crippen LogP contribution in [0, 0.1) is 0 Å². The number of ether oxygens (including phenoxy) is 1. The summed E-state index contributed by atoms with van der Waals surface area (Å²) < 4.78 is 7.07. The molecule has 4 nitrogen and oxygen atoms in total. The molecule has 0 unspecified atom stereocenters. The molecule has 0 saturated heterocycles. The summed E-state index contributed by atoms with van der Waals surface area (Å²) in [5.41, 5.74) is 2.68. The van der Waals surface area contributed by atoms with E-state index in [0.717, 1.165) is 16.8 Å². The van der Waals surface area contributed by atoms with Crippen LogP contribution < -0.4 is 4.74 Å². The van der Waals surface area contributed by atoms with E-state index in [1.807, 2.05) is 60.7 Å². The Morgan fingerprint density at radius 2 is 1.54 bits per heavy atom. The maximum atomic E-state index is 12.8. The molecule has 26 heavy (non-hydrogen) atoms. The standard InChI is InChI=1S/C21H16N2O2S/c24-21(25-17-11-5-2-6-12-17)23-19-14-8-7-13-18(19)22-20(23)26-15-16-9-3-1-4-10-16/h1-14H,15H2. The van der Waals surface area contributed by atoms with Crippen LogP contribution in [0.15, 0.2) is 90.1 Å². The van der Waals surface area contributed by atoms with Crippen molar-refractivity contribution in [3.05, 3.63) is 90.5 Å². The smallest absolute Gasteiger partial charge is 0.410 e. The molecule has 128 valence electrons. The maximum absolute atomic E-state index is 12.8. The molecule has 0 fully saturated rings. The summed E-state index contributed by atoms with van der Waals surface area (Å²) in [6, 6.07) is 26.7. The molecule has 0 aliphatic heterocycles. The molecule has 1 heterocycles. The molecule has 0 spiro atoms. The molecule has 0 atom stereocenters. The average molecular weight is 360 g/mol. The van der Waals surface area contributed by atoms with Gasteiger partial charge in [0.05, 0.1) is 11.0 Å². The summed E-state index contributed by atoms with van der Waals surface area (Å²) in [4.78, 5) is 17.4. The first-order chi connectivity index (χ1) is 12.8. The molecule has 1 aromatic heterocycles. The van der Waals surface area contributed by atoms with Gasteiger partial charge in [-0.2, -0.15) is 0 Å². The van der Waals surface area contributed by atoms with E-state index in [2.05, 4.69) is 17.1 Å². The SMILES string of the molecule is O=C(Oc1ccccc1)n1c(SCc2ccccc2)nc2ccccc21. The number of hydrogen-bond acceptors (Lipinski definition) is 4. The van der Waals surface area contributed by atoms with Crippen molar-refractivity contribution in [3.8, 4) is 5.75 Å². The average Bonchev–Trinajstić information content (AvgIpc) is 3.06. The first-order valence-electron chi connectivity index (χ1n) is 8.23. The van der Waals surface area contributed by atoms with E-state index in [1.54, 1.807) is 12.1 Å². The number of carbonyl (C=O) groups excluding carboxylic acids is 1. The van der Waals surface area contributed by atoms with Gasteiger partial charge in [0.15, 0.2) is 5.16 Å². The van der Waals surface area contributed by atoms with Crippen LogP contribution in [0.3, 0.4) is 0 Å². The lowest BCUT2D eigenvalue weighted by molar-refractivity contribution is 0.201. The lowest BCUT2D eigenvalue weighted by Crippen LogP contribution is -2.17. The highest BCUT2D eigenvalue weighted by Gasteiger charge is 2.19. The molecule has 4 aromatic rings. The maximum Gasteiger partial charge on any atom is 0.426 e. The largest absolute Gasteiger partial charge is 0.426 e. The molecule has 0 amide bonds. The van der Waals surface area contributed by atoms with Gasteiger partial charge in [0.1, 0.15) is 5.75 Å². The monoisotopic (exact) mass is 360 g/mol. The van der Waals surface area contributed by atoms with Crippen LogP contribution in [0.4, 0.5) is 4.79 Å². The summed E-state index contributed by atoms with van der Waals surface area (Å²) >= 11 is 1.52. The zero-order chi connectivity index (χ0) is 17.8. The van der Waals surface area contributed by atoms with E-state index in [-0.39, 0.29) is 0 Å². The second-order valence-electron chi connectivity index (χ2n) is 5.67. The molecule has 5 heteroatoms. The van der Waals surface area contributed by atoms with Gasteiger partial charge in [0, 0.05) is 5.75 Å². The highest BCUT2D eigenvalue weighted by atomic mass is 32.2. The topological polar surface area (TPSA) is 44.1 Å². The van der Waals surface area contributed by atoms with Crippen LogP contribution in [-0.2, 0) is 5.75 Å². The molecule has 0 bridgehead atoms. The number of rotatable bonds is 4. The Morgan fingerprint density at radius 1 is 0.885 bits per heavy atom. The van der Waals surface area contributed by atoms with E-state index in [1.165, 1.54) is 21.9 Å². The first kappa shape index (κ1) is 16.4. The zero-order valence-corrected chi connectivity index (χ0v) is 14.7. The predicted molar refractivity (Wildman–Crippen MR) is 104 cm³/mol. The Balaban J connectivity index is 1.66. The zero-order valence-electron chi connectivity index (χ0n) is 13.9. The van der Waals surface area contributed by atoms with E-state index < -0.39 is 6.09 Å². The quantitative estimate of drug-likeness (QED) is 0.459. The van der Waals surface area contributed by atoms with Crippen molar-refractivity contribution in [2.24, 2.45) is 0 Å². The van der Waals surface area contributed by atoms with Crippen LogP contribution in [0.5, 0.6) is 5.75 Å². The number of thioether (sulfide) groups is 1. The van der Waals surface area contributed by atoms with Gasteiger partial charge in [0.25, 0.3) is 0 Å². The molecule has 0 aliphatic rings. The van der Waals surface area contributed by atoms with Crippen molar-refractivity contribution < 1.29 is 9.53 Å². The van der Waals surface area contributed by atoms with Crippen molar-refractivity contribution >= 4 is 28.9 Å². The van der Waals surface area contributed by atoms with Crippen LogP contribution in [-0.4, -0.2) is 15.6 Å². The third kappa shape index (κ3) is 3.48. The normalized spacial score (nSPS) is 10.8. The van der Waals surface area contributed by atoms with E-state index in [9.17, 15) is 4.79 Å². The van der Waals surface area contributed by atoms with Gasteiger partial charge in [-0.25, -0.2) is 14.3 Å². The van der Waals surface area contributed by atoms with Gasteiger partial charge < -0.3 is 4.74 Å². The number of para-hydroxylation sites is 3. The van der Waals surface area contributed by atoms with Crippen molar-refractivity contribution in [1.82, 2.24) is 9.55 Å². The van der Waals surface area contributed by atoms with Gasteiger partial charge in [-0.05, 0) is 29.8 Å². The fourth-order valence-corrected chi connectivity index (χ4v) is 3.59. The van der Waals surface area contributed by atoms with Gasteiger partial charge >= 0.3 is 6.09 Å². The third-order valence-electron chi connectivity index (χ3n) is 3.87. The first-order valence-corrected chi connectivity index (χ1v) is 9.21. The predicted octanol–water partition coefficient (Wildman–Crippen LogP) is 5.38. The third-order valence-corrected chi connectivity index (χ3v) is 4.88. The Bertz CT molecular complexity index is 1030. The number of hydrogen-bond donors (Lipinski definition) is 0. The highest BCUT2D eigenvalue weighted by molar-refractivity contribution is 7.98. The van der Waals surface area contributed by atoms with Gasteiger partial charge in [-0.15, -0.1) is 0 Å². The van der Waals surface area contributed by atoms with Crippen LogP contribution in [0.2, 0.25) is 0 Å². The molecular weight excluding hydrogens is 344 g/mol. The van der Waals surface area contributed by atoms with Crippen LogP contribution >= 0.6 is 11.8 Å². The summed E-state index contributed by atoms with van der Waals surface area (Å²) in [6.45, 7) is 0. The highest BCUT2D eigenvalue weighted by Crippen LogP contribution is 2.27. The summed E-state index contributed by atoms with van der Waals surface area (Å²) in [5, 5.41) is 0.621. The second-order valence-corrected chi connectivity index (χ2v) is 6.62.